The van der Waals surface area contributed by atoms with Crippen LogP contribution < -0.4 is 14.0 Å². The molecular weight excluding hydrogens is 450 g/mol. The molecule has 0 bridgehead atoms. The average Bonchev–Trinajstić information content (AvgIpc) is 3.28. The summed E-state index contributed by atoms with van der Waals surface area (Å²) >= 11 is 0. The summed E-state index contributed by atoms with van der Waals surface area (Å²) in [5, 5.41) is 0. The maximum absolute atomic E-state index is 12.5. The molecule has 1 aromatic heterocycles. The quantitative estimate of drug-likeness (QED) is 0.179. The number of allylic oxidation sites excluding steroid dienone is 3. The molecule has 5 nitrogen and oxygen atoms in total. The van der Waals surface area contributed by atoms with Gasteiger partial charge >= 0.3 is 11.9 Å². The van der Waals surface area contributed by atoms with E-state index >= 15 is 0 Å². The van der Waals surface area contributed by atoms with E-state index in [1.165, 1.54) is 5.57 Å². The number of benzene rings is 3. The Morgan fingerprint density at radius 2 is 1.83 bits per heavy atom. The van der Waals surface area contributed by atoms with Crippen LogP contribution in [0.25, 0.3) is 23.3 Å². The molecular formula is C31H26NO4+. The number of hydrogen-bond donors (Lipinski definition) is 0. The number of carbonyl (C=O) groups excluding carboxylic acids is 1. The molecule has 36 heavy (non-hydrogen) atoms. The van der Waals surface area contributed by atoms with Gasteiger partial charge in [0.05, 0.1) is 11.6 Å². The second kappa shape index (κ2) is 9.34. The minimum atomic E-state index is -0.391. The summed E-state index contributed by atoms with van der Waals surface area (Å²) in [7, 11) is 0. The Morgan fingerprint density at radius 1 is 1.00 bits per heavy atom. The van der Waals surface area contributed by atoms with Crippen LogP contribution in [-0.4, -0.2) is 5.97 Å². The summed E-state index contributed by atoms with van der Waals surface area (Å²) in [5.74, 6) is 2.45. The van der Waals surface area contributed by atoms with Gasteiger partial charge in [0.1, 0.15) is 23.8 Å². The maximum atomic E-state index is 12.5. The Balaban J connectivity index is 1.30. The van der Waals surface area contributed by atoms with E-state index < -0.39 is 5.97 Å². The third-order valence-electron chi connectivity index (χ3n) is 6.60. The van der Waals surface area contributed by atoms with Gasteiger partial charge in [0, 0.05) is 17.7 Å². The van der Waals surface area contributed by atoms with Crippen LogP contribution in [-0.2, 0) is 6.54 Å². The Bertz CT molecular complexity index is 1560. The molecule has 2 aliphatic rings. The Kier molecular flexibility index (Phi) is 5.74. The Labute approximate surface area is 209 Å². The van der Waals surface area contributed by atoms with E-state index in [9.17, 15) is 4.79 Å². The standard InChI is InChI=1S/C31H26NO4/c1-2-32-26-13-6-7-14-27(26)35-29(32)18-16-21-11-8-12-24-19-23-15-17-25(20-28(23)36-30(21)24)34-31(33)22-9-4-3-5-10-22/h3-7,9-10,13-20H,2,8,11-12H2,1H3/q+1/b18-16+. The lowest BCUT2D eigenvalue weighted by Crippen LogP contribution is -2.33. The Morgan fingerprint density at radius 3 is 2.69 bits per heavy atom. The van der Waals surface area contributed by atoms with Crippen LogP contribution in [0.1, 0.15) is 48.0 Å². The highest BCUT2D eigenvalue weighted by Gasteiger charge is 2.25. The molecule has 1 aliphatic heterocycles. The first-order chi connectivity index (χ1) is 17.7. The van der Waals surface area contributed by atoms with Crippen molar-refractivity contribution in [2.75, 3.05) is 0 Å². The van der Waals surface area contributed by atoms with Crippen LogP contribution >= 0.6 is 0 Å². The molecule has 3 aromatic carbocycles. The van der Waals surface area contributed by atoms with Crippen molar-refractivity contribution in [3.8, 4) is 11.5 Å². The summed E-state index contributed by atoms with van der Waals surface area (Å²) < 4.78 is 20.3. The molecule has 178 valence electrons. The van der Waals surface area contributed by atoms with Crippen LogP contribution in [0, 0.1) is 0 Å². The molecule has 0 saturated heterocycles. The van der Waals surface area contributed by atoms with Crippen LogP contribution in [0.4, 0.5) is 0 Å². The fourth-order valence-corrected chi connectivity index (χ4v) is 4.83. The number of aromatic nitrogens is 1. The van der Waals surface area contributed by atoms with E-state index in [4.69, 9.17) is 13.9 Å². The first kappa shape index (κ1) is 22.1. The van der Waals surface area contributed by atoms with Crippen molar-refractivity contribution in [1.82, 2.24) is 0 Å². The zero-order valence-corrected chi connectivity index (χ0v) is 20.1. The third kappa shape index (κ3) is 4.13. The summed E-state index contributed by atoms with van der Waals surface area (Å²) in [6, 6.07) is 22.6. The maximum Gasteiger partial charge on any atom is 0.374 e. The van der Waals surface area contributed by atoms with Gasteiger partial charge in [-0.2, -0.15) is 4.57 Å². The van der Waals surface area contributed by atoms with Crippen molar-refractivity contribution < 1.29 is 23.3 Å². The molecule has 0 atom stereocenters. The molecule has 2 heterocycles. The SMILES string of the molecule is CC[n+]1c(/C=C/C2=C3Oc4cc(OC(=O)c5ccccc5)ccc4C=C3CCC2)oc2ccccc21. The highest BCUT2D eigenvalue weighted by molar-refractivity contribution is 5.91. The third-order valence-corrected chi connectivity index (χ3v) is 6.60. The van der Waals surface area contributed by atoms with Crippen LogP contribution in [0.15, 0.2) is 100 Å². The summed E-state index contributed by atoms with van der Waals surface area (Å²) in [4.78, 5) is 12.5. The van der Waals surface area contributed by atoms with E-state index in [1.807, 2.05) is 54.6 Å². The van der Waals surface area contributed by atoms with Crippen molar-refractivity contribution in [3.63, 3.8) is 0 Å². The van der Waals surface area contributed by atoms with Crippen molar-refractivity contribution in [2.24, 2.45) is 0 Å². The molecule has 0 spiro atoms. The summed E-state index contributed by atoms with van der Waals surface area (Å²) in [5.41, 5.74) is 5.78. The molecule has 1 aliphatic carbocycles. The van der Waals surface area contributed by atoms with Crippen LogP contribution in [0.5, 0.6) is 11.5 Å². The minimum absolute atomic E-state index is 0.391. The van der Waals surface area contributed by atoms with Crippen molar-refractivity contribution in [3.05, 3.63) is 113 Å². The molecule has 5 heteroatoms. The minimum Gasteiger partial charge on any atom is -0.456 e. The lowest BCUT2D eigenvalue weighted by molar-refractivity contribution is -0.674. The summed E-state index contributed by atoms with van der Waals surface area (Å²) in [6.07, 6.45) is 9.28. The smallest absolute Gasteiger partial charge is 0.374 e. The van der Waals surface area contributed by atoms with Gasteiger partial charge in [-0.15, -0.1) is 0 Å². The van der Waals surface area contributed by atoms with Gasteiger partial charge in [-0.25, -0.2) is 4.79 Å². The number of rotatable bonds is 5. The summed E-state index contributed by atoms with van der Waals surface area (Å²) in [6.45, 7) is 2.94. The van der Waals surface area contributed by atoms with Gasteiger partial charge in [0.25, 0.3) is 5.52 Å². The van der Waals surface area contributed by atoms with Crippen LogP contribution in [0.2, 0.25) is 0 Å². The average molecular weight is 477 g/mol. The largest absolute Gasteiger partial charge is 0.456 e. The number of oxazole rings is 1. The molecule has 0 unspecified atom stereocenters. The predicted octanol–water partition coefficient (Wildman–Crippen LogP) is 6.89. The highest BCUT2D eigenvalue weighted by atomic mass is 16.5. The zero-order valence-electron chi connectivity index (χ0n) is 20.1. The number of esters is 1. The molecule has 0 amide bonds. The second-order valence-corrected chi connectivity index (χ2v) is 8.92. The number of hydrogen-bond acceptors (Lipinski definition) is 4. The first-order valence-corrected chi connectivity index (χ1v) is 12.3. The number of carbonyl (C=O) groups is 1. The number of aryl methyl sites for hydroxylation is 1. The Hall–Kier alpha value is -4.38. The fourth-order valence-electron chi connectivity index (χ4n) is 4.83. The monoisotopic (exact) mass is 476 g/mol. The molecule has 0 saturated carbocycles. The van der Waals surface area contributed by atoms with Gasteiger partial charge in [0.15, 0.2) is 0 Å². The fraction of sp³-hybridized carbons (Fsp3) is 0.161. The molecule has 0 fully saturated rings. The van der Waals surface area contributed by atoms with E-state index in [-0.39, 0.29) is 0 Å². The lowest BCUT2D eigenvalue weighted by Gasteiger charge is -2.26. The van der Waals surface area contributed by atoms with Crippen molar-refractivity contribution >= 4 is 29.2 Å². The van der Waals surface area contributed by atoms with Gasteiger partial charge in [-0.05, 0) is 79.8 Å². The number of fused-ring (bicyclic) bond motifs is 3. The van der Waals surface area contributed by atoms with Gasteiger partial charge in [-0.3, -0.25) is 0 Å². The highest BCUT2D eigenvalue weighted by Crippen LogP contribution is 2.41. The van der Waals surface area contributed by atoms with Crippen molar-refractivity contribution in [2.45, 2.75) is 32.7 Å². The number of nitrogens with zero attached hydrogens (tertiary/aromatic N) is 1. The topological polar surface area (TPSA) is 52.5 Å². The van der Waals surface area contributed by atoms with E-state index in [2.05, 4.69) is 29.7 Å². The zero-order chi connectivity index (χ0) is 24.5. The lowest BCUT2D eigenvalue weighted by atomic mass is 9.90. The molecule has 6 rings (SSSR count). The van der Waals surface area contributed by atoms with E-state index in [0.29, 0.717) is 17.1 Å². The first-order valence-electron chi connectivity index (χ1n) is 12.3. The van der Waals surface area contributed by atoms with E-state index in [0.717, 1.165) is 59.7 Å². The molecule has 0 N–H and O–H groups in total. The second-order valence-electron chi connectivity index (χ2n) is 8.92. The van der Waals surface area contributed by atoms with Crippen LogP contribution in [0.3, 0.4) is 0 Å². The molecule has 0 radical (unpaired) electrons. The number of para-hydroxylation sites is 2. The van der Waals surface area contributed by atoms with Gasteiger partial charge < -0.3 is 13.9 Å². The van der Waals surface area contributed by atoms with Crippen molar-refractivity contribution in [1.29, 1.82) is 0 Å². The number of ether oxygens (including phenoxy) is 2. The van der Waals surface area contributed by atoms with Gasteiger partial charge in [-0.1, -0.05) is 30.3 Å². The molecule has 4 aromatic rings. The van der Waals surface area contributed by atoms with E-state index in [1.54, 1.807) is 18.2 Å². The van der Waals surface area contributed by atoms with Gasteiger partial charge in [0.2, 0.25) is 5.58 Å². The predicted molar refractivity (Wildman–Crippen MR) is 138 cm³/mol. The normalized spacial score (nSPS) is 14.9.